The van der Waals surface area contributed by atoms with Gasteiger partial charge in [0.05, 0.1) is 5.54 Å². The van der Waals surface area contributed by atoms with Gasteiger partial charge in [0.2, 0.25) is 5.91 Å². The Balaban J connectivity index is 1.92. The van der Waals surface area contributed by atoms with Gasteiger partial charge in [0, 0.05) is 6.04 Å². The van der Waals surface area contributed by atoms with E-state index in [2.05, 4.69) is 17.6 Å². The van der Waals surface area contributed by atoms with Gasteiger partial charge >= 0.3 is 0 Å². The van der Waals surface area contributed by atoms with Gasteiger partial charge < -0.3 is 10.6 Å². The highest BCUT2D eigenvalue weighted by Crippen LogP contribution is 2.25. The highest BCUT2D eigenvalue weighted by molar-refractivity contribution is 5.86. The first kappa shape index (κ1) is 10.9. The van der Waals surface area contributed by atoms with Crippen LogP contribution in [0.5, 0.6) is 0 Å². The third-order valence-electron chi connectivity index (χ3n) is 3.97. The summed E-state index contributed by atoms with van der Waals surface area (Å²) in [7, 11) is 0. The number of carbonyl (C=O) groups excluding carboxylic acids is 1. The Morgan fingerprint density at radius 2 is 2.13 bits per heavy atom. The predicted molar refractivity (Wildman–Crippen MR) is 60.7 cm³/mol. The Labute approximate surface area is 92.0 Å². The molecule has 2 rings (SSSR count). The smallest absolute Gasteiger partial charge is 0.240 e. The predicted octanol–water partition coefficient (Wildman–Crippen LogP) is 1.58. The van der Waals surface area contributed by atoms with Crippen molar-refractivity contribution in [2.24, 2.45) is 0 Å². The summed E-state index contributed by atoms with van der Waals surface area (Å²) in [4.78, 5) is 12.2. The molecule has 0 radical (unpaired) electrons. The lowest BCUT2D eigenvalue weighted by molar-refractivity contribution is -0.128. The van der Waals surface area contributed by atoms with Crippen molar-refractivity contribution in [3.8, 4) is 0 Å². The Hall–Kier alpha value is -0.570. The van der Waals surface area contributed by atoms with Crippen LogP contribution in [0.2, 0.25) is 0 Å². The Morgan fingerprint density at radius 1 is 1.40 bits per heavy atom. The van der Waals surface area contributed by atoms with Crippen LogP contribution in [0.3, 0.4) is 0 Å². The quantitative estimate of drug-likeness (QED) is 0.742. The second-order valence-corrected chi connectivity index (χ2v) is 4.92. The molecule has 1 atom stereocenters. The van der Waals surface area contributed by atoms with E-state index in [9.17, 15) is 4.79 Å². The van der Waals surface area contributed by atoms with Crippen LogP contribution in [0, 0.1) is 0 Å². The zero-order valence-corrected chi connectivity index (χ0v) is 9.64. The molecule has 0 aromatic carbocycles. The van der Waals surface area contributed by atoms with Crippen molar-refractivity contribution in [3.05, 3.63) is 0 Å². The van der Waals surface area contributed by atoms with Crippen LogP contribution < -0.4 is 10.6 Å². The first-order valence-electron chi connectivity index (χ1n) is 6.33. The van der Waals surface area contributed by atoms with Crippen molar-refractivity contribution in [1.82, 2.24) is 10.6 Å². The molecule has 86 valence electrons. The molecular formula is C12H22N2O. The van der Waals surface area contributed by atoms with E-state index in [1.807, 2.05) is 0 Å². The van der Waals surface area contributed by atoms with Crippen molar-refractivity contribution in [2.45, 2.75) is 63.5 Å². The molecule has 3 nitrogen and oxygen atoms in total. The number of nitrogens with one attached hydrogen (secondary N) is 2. The van der Waals surface area contributed by atoms with Gasteiger partial charge in [0.1, 0.15) is 0 Å². The van der Waals surface area contributed by atoms with Crippen LogP contribution in [-0.2, 0) is 4.79 Å². The van der Waals surface area contributed by atoms with Crippen LogP contribution >= 0.6 is 0 Å². The SMILES string of the molecule is CCC1(C(=O)NC2CCCC2)CCCN1. The Morgan fingerprint density at radius 3 is 2.67 bits per heavy atom. The minimum atomic E-state index is -0.247. The molecule has 0 aromatic rings. The summed E-state index contributed by atoms with van der Waals surface area (Å²) in [6, 6.07) is 0.448. The van der Waals surface area contributed by atoms with Crippen molar-refractivity contribution in [2.75, 3.05) is 6.54 Å². The summed E-state index contributed by atoms with van der Waals surface area (Å²) < 4.78 is 0. The standard InChI is InChI=1S/C12H22N2O/c1-2-12(8-5-9-13-12)11(15)14-10-6-3-4-7-10/h10,13H,2-9H2,1H3,(H,14,15). The molecule has 3 heteroatoms. The van der Waals surface area contributed by atoms with Gasteiger partial charge in [0.15, 0.2) is 0 Å². The summed E-state index contributed by atoms with van der Waals surface area (Å²) in [5, 5.41) is 6.59. The van der Waals surface area contributed by atoms with Crippen molar-refractivity contribution >= 4 is 5.91 Å². The Kier molecular flexibility index (Phi) is 3.29. The first-order chi connectivity index (χ1) is 7.27. The largest absolute Gasteiger partial charge is 0.352 e. The minimum Gasteiger partial charge on any atom is -0.352 e. The summed E-state index contributed by atoms with van der Waals surface area (Å²) >= 11 is 0. The van der Waals surface area contributed by atoms with E-state index in [1.54, 1.807) is 0 Å². The number of hydrogen-bond acceptors (Lipinski definition) is 2. The lowest BCUT2D eigenvalue weighted by atomic mass is 9.92. The lowest BCUT2D eigenvalue weighted by Crippen LogP contribution is -2.55. The maximum absolute atomic E-state index is 12.2. The molecule has 1 heterocycles. The van der Waals surface area contributed by atoms with Gasteiger partial charge in [-0.25, -0.2) is 0 Å². The van der Waals surface area contributed by atoms with Gasteiger partial charge in [-0.3, -0.25) is 4.79 Å². The highest BCUT2D eigenvalue weighted by Gasteiger charge is 2.39. The van der Waals surface area contributed by atoms with Crippen LogP contribution in [0.25, 0.3) is 0 Å². The number of rotatable bonds is 3. The van der Waals surface area contributed by atoms with E-state index < -0.39 is 0 Å². The molecule has 1 aliphatic heterocycles. The average Bonchev–Trinajstić information content (AvgIpc) is 2.87. The highest BCUT2D eigenvalue weighted by atomic mass is 16.2. The lowest BCUT2D eigenvalue weighted by Gasteiger charge is -2.28. The zero-order valence-electron chi connectivity index (χ0n) is 9.64. The molecule has 2 fully saturated rings. The molecule has 1 saturated carbocycles. The van der Waals surface area contributed by atoms with Crippen LogP contribution in [-0.4, -0.2) is 24.0 Å². The average molecular weight is 210 g/mol. The third-order valence-corrected chi connectivity index (χ3v) is 3.97. The molecule has 2 N–H and O–H groups in total. The van der Waals surface area contributed by atoms with Gasteiger partial charge in [-0.15, -0.1) is 0 Å². The van der Waals surface area contributed by atoms with Gasteiger partial charge in [-0.05, 0) is 38.6 Å². The molecule has 2 aliphatic rings. The van der Waals surface area contributed by atoms with Crippen LogP contribution in [0.4, 0.5) is 0 Å². The van der Waals surface area contributed by atoms with E-state index in [0.717, 1.165) is 25.8 Å². The zero-order chi connectivity index (χ0) is 10.7. The van der Waals surface area contributed by atoms with Gasteiger partial charge in [-0.1, -0.05) is 19.8 Å². The van der Waals surface area contributed by atoms with E-state index in [4.69, 9.17) is 0 Å². The fraction of sp³-hybridized carbons (Fsp3) is 0.917. The molecule has 0 spiro atoms. The maximum atomic E-state index is 12.2. The topological polar surface area (TPSA) is 41.1 Å². The number of amides is 1. The molecule has 0 bridgehead atoms. The van der Waals surface area contributed by atoms with Crippen LogP contribution in [0.15, 0.2) is 0 Å². The third kappa shape index (κ3) is 2.17. The van der Waals surface area contributed by atoms with Gasteiger partial charge in [-0.2, -0.15) is 0 Å². The number of carbonyl (C=O) groups is 1. The second kappa shape index (κ2) is 4.52. The van der Waals surface area contributed by atoms with E-state index in [-0.39, 0.29) is 11.4 Å². The van der Waals surface area contributed by atoms with Gasteiger partial charge in [0.25, 0.3) is 0 Å². The Bertz CT molecular complexity index is 228. The molecule has 0 aromatic heterocycles. The fourth-order valence-corrected chi connectivity index (χ4v) is 2.86. The molecule has 1 unspecified atom stereocenters. The fourth-order valence-electron chi connectivity index (χ4n) is 2.86. The van der Waals surface area contributed by atoms with E-state index >= 15 is 0 Å². The monoisotopic (exact) mass is 210 g/mol. The normalized spacial score (nSPS) is 32.1. The molecule has 1 aliphatic carbocycles. The molecular weight excluding hydrogens is 188 g/mol. The summed E-state index contributed by atoms with van der Waals surface area (Å²) in [5.74, 6) is 0.245. The van der Waals surface area contributed by atoms with E-state index in [1.165, 1.54) is 25.7 Å². The summed E-state index contributed by atoms with van der Waals surface area (Å²) in [6.45, 7) is 3.10. The first-order valence-corrected chi connectivity index (χ1v) is 6.33. The molecule has 1 saturated heterocycles. The second-order valence-electron chi connectivity index (χ2n) is 4.92. The van der Waals surface area contributed by atoms with E-state index in [0.29, 0.717) is 6.04 Å². The minimum absolute atomic E-state index is 0.245. The molecule has 15 heavy (non-hydrogen) atoms. The number of hydrogen-bond donors (Lipinski definition) is 2. The van der Waals surface area contributed by atoms with Crippen molar-refractivity contribution < 1.29 is 4.79 Å². The summed E-state index contributed by atoms with van der Waals surface area (Å²) in [5.41, 5.74) is -0.247. The van der Waals surface area contributed by atoms with Crippen molar-refractivity contribution in [1.29, 1.82) is 0 Å². The molecule has 1 amide bonds. The maximum Gasteiger partial charge on any atom is 0.240 e. The summed E-state index contributed by atoms with van der Waals surface area (Å²) in [6.07, 6.45) is 7.94. The van der Waals surface area contributed by atoms with Crippen LogP contribution in [0.1, 0.15) is 51.9 Å². The van der Waals surface area contributed by atoms with Crippen molar-refractivity contribution in [3.63, 3.8) is 0 Å².